The minimum atomic E-state index is 0.00128. The van der Waals surface area contributed by atoms with Gasteiger partial charge >= 0.3 is 0 Å². The zero-order valence-electron chi connectivity index (χ0n) is 15.5. The molecule has 1 heterocycles. The monoisotopic (exact) mass is 355 g/mol. The lowest BCUT2D eigenvalue weighted by Crippen LogP contribution is -2.39. The van der Waals surface area contributed by atoms with Crippen LogP contribution >= 0.6 is 0 Å². The lowest BCUT2D eigenvalue weighted by atomic mass is 9.95. The third-order valence-corrected chi connectivity index (χ3v) is 5.35. The predicted octanol–water partition coefficient (Wildman–Crippen LogP) is 3.88. The van der Waals surface area contributed by atoms with Crippen LogP contribution in [0.5, 0.6) is 11.5 Å². The summed E-state index contributed by atoms with van der Waals surface area (Å²) in [5, 5.41) is 19.0. The zero-order chi connectivity index (χ0) is 18.4. The van der Waals surface area contributed by atoms with E-state index in [1.807, 2.05) is 18.2 Å². The molecule has 0 radical (unpaired) electrons. The molecule has 1 aliphatic rings. The molecule has 0 aromatic heterocycles. The van der Waals surface area contributed by atoms with E-state index in [1.54, 1.807) is 19.2 Å². The molecule has 2 aromatic carbocycles. The number of likely N-dealkylation sites (tertiary alicyclic amines) is 1. The number of aliphatic hydroxyl groups is 1. The van der Waals surface area contributed by atoms with Gasteiger partial charge in [-0.25, -0.2) is 0 Å². The van der Waals surface area contributed by atoms with Gasteiger partial charge in [-0.2, -0.15) is 0 Å². The first-order valence-corrected chi connectivity index (χ1v) is 9.48. The Kier molecular flexibility index (Phi) is 6.53. The first kappa shape index (κ1) is 18.7. The van der Waals surface area contributed by atoms with Crippen LogP contribution in [0.4, 0.5) is 0 Å². The molecule has 4 heteroatoms. The molecule has 2 N–H and O–H groups in total. The molecule has 4 nitrogen and oxygen atoms in total. The van der Waals surface area contributed by atoms with Crippen LogP contribution in [0.25, 0.3) is 0 Å². The Bertz CT molecular complexity index is 699. The number of benzene rings is 2. The van der Waals surface area contributed by atoms with Gasteiger partial charge in [-0.15, -0.1) is 0 Å². The molecule has 0 bridgehead atoms. The van der Waals surface area contributed by atoms with Crippen molar-refractivity contribution in [2.75, 3.05) is 13.7 Å². The quantitative estimate of drug-likeness (QED) is 0.791. The van der Waals surface area contributed by atoms with Crippen LogP contribution in [0.3, 0.4) is 0 Å². The number of aromatic hydroxyl groups is 1. The zero-order valence-corrected chi connectivity index (χ0v) is 15.5. The minimum Gasteiger partial charge on any atom is -0.508 e. The Morgan fingerprint density at radius 3 is 2.58 bits per heavy atom. The smallest absolute Gasteiger partial charge is 0.124 e. The molecule has 0 amide bonds. The molecule has 1 saturated heterocycles. The van der Waals surface area contributed by atoms with E-state index in [-0.39, 0.29) is 6.61 Å². The van der Waals surface area contributed by atoms with E-state index >= 15 is 0 Å². The second kappa shape index (κ2) is 9.06. The van der Waals surface area contributed by atoms with E-state index in [9.17, 15) is 10.2 Å². The fourth-order valence-electron chi connectivity index (χ4n) is 3.88. The van der Waals surface area contributed by atoms with Gasteiger partial charge in [0.25, 0.3) is 0 Å². The highest BCUT2D eigenvalue weighted by Crippen LogP contribution is 2.26. The van der Waals surface area contributed by atoms with Crippen LogP contribution in [-0.4, -0.2) is 34.8 Å². The first-order valence-electron chi connectivity index (χ1n) is 9.48. The van der Waals surface area contributed by atoms with Gasteiger partial charge in [-0.1, -0.05) is 24.6 Å². The number of piperidine rings is 1. The molecule has 0 aliphatic carbocycles. The van der Waals surface area contributed by atoms with Crippen LogP contribution in [0, 0.1) is 0 Å². The second-order valence-electron chi connectivity index (χ2n) is 7.13. The van der Waals surface area contributed by atoms with Crippen molar-refractivity contribution >= 4 is 0 Å². The Labute approximate surface area is 156 Å². The number of aryl methyl sites for hydroxylation is 1. The highest BCUT2D eigenvalue weighted by atomic mass is 16.5. The van der Waals surface area contributed by atoms with E-state index in [4.69, 9.17) is 4.74 Å². The summed E-state index contributed by atoms with van der Waals surface area (Å²) in [7, 11) is 1.64. The average Bonchev–Trinajstić information content (AvgIpc) is 2.68. The van der Waals surface area contributed by atoms with Crippen molar-refractivity contribution in [1.29, 1.82) is 0 Å². The van der Waals surface area contributed by atoms with Gasteiger partial charge in [0.05, 0.1) is 13.7 Å². The Balaban J connectivity index is 1.64. The highest BCUT2D eigenvalue weighted by molar-refractivity contribution is 5.36. The number of hydrogen-bond donors (Lipinski definition) is 2. The highest BCUT2D eigenvalue weighted by Gasteiger charge is 2.22. The molecular formula is C22H29NO3. The van der Waals surface area contributed by atoms with Gasteiger partial charge in [0.15, 0.2) is 0 Å². The number of nitrogens with zero attached hydrogens (tertiary/aromatic N) is 1. The molecule has 140 valence electrons. The molecule has 1 aliphatic heterocycles. The fourth-order valence-corrected chi connectivity index (χ4v) is 3.88. The third kappa shape index (κ3) is 4.77. The standard InChI is InChI=1S/C22H29NO3/c1-26-22-12-8-18(14-19(22)16-24)15-23-13-3-2-4-20(23)9-5-17-6-10-21(25)11-7-17/h6-8,10-12,14,20,24-25H,2-5,9,13,15-16H2,1H3/t20-/m0/s1. The number of phenolic OH excluding ortho intramolecular Hbond substituents is 1. The summed E-state index contributed by atoms with van der Waals surface area (Å²) in [6, 6.07) is 14.3. The number of aliphatic hydroxyl groups excluding tert-OH is 1. The predicted molar refractivity (Wildman–Crippen MR) is 103 cm³/mol. The third-order valence-electron chi connectivity index (χ3n) is 5.35. The lowest BCUT2D eigenvalue weighted by Gasteiger charge is -2.36. The number of rotatable bonds is 7. The van der Waals surface area contributed by atoms with Gasteiger partial charge in [-0.3, -0.25) is 4.90 Å². The Morgan fingerprint density at radius 2 is 1.85 bits per heavy atom. The van der Waals surface area contributed by atoms with Gasteiger partial charge in [0, 0.05) is 18.2 Å². The SMILES string of the molecule is COc1ccc(CN2CCCC[C@H]2CCc2ccc(O)cc2)cc1CO. The second-order valence-corrected chi connectivity index (χ2v) is 7.13. The molecule has 2 aromatic rings. The van der Waals surface area contributed by atoms with Crippen molar-refractivity contribution in [2.24, 2.45) is 0 Å². The topological polar surface area (TPSA) is 52.9 Å². The van der Waals surface area contributed by atoms with Crippen LogP contribution in [0.15, 0.2) is 42.5 Å². The summed E-state index contributed by atoms with van der Waals surface area (Å²) in [5.41, 5.74) is 3.36. The number of methoxy groups -OCH3 is 1. The van der Waals surface area contributed by atoms with E-state index in [2.05, 4.69) is 17.0 Å². The summed E-state index contributed by atoms with van der Waals surface area (Å²) >= 11 is 0. The van der Waals surface area contributed by atoms with Crippen LogP contribution < -0.4 is 4.74 Å². The normalized spacial score (nSPS) is 18.0. The van der Waals surface area contributed by atoms with Gasteiger partial charge in [-0.05, 0) is 67.6 Å². The largest absolute Gasteiger partial charge is 0.508 e. The van der Waals surface area contributed by atoms with Gasteiger partial charge in [0.2, 0.25) is 0 Å². The fraction of sp³-hybridized carbons (Fsp3) is 0.455. The molecule has 1 fully saturated rings. The van der Waals surface area contributed by atoms with Gasteiger partial charge in [0.1, 0.15) is 11.5 Å². The van der Waals surface area contributed by atoms with Crippen molar-refractivity contribution < 1.29 is 14.9 Å². The molecule has 0 unspecified atom stereocenters. The van der Waals surface area contributed by atoms with E-state index in [0.717, 1.165) is 37.2 Å². The molecule has 0 saturated carbocycles. The van der Waals surface area contributed by atoms with Crippen LogP contribution in [0.1, 0.15) is 42.4 Å². The van der Waals surface area contributed by atoms with Crippen molar-refractivity contribution in [1.82, 2.24) is 4.90 Å². The van der Waals surface area contributed by atoms with E-state index in [1.165, 1.54) is 30.4 Å². The summed E-state index contributed by atoms with van der Waals surface area (Å²) < 4.78 is 5.31. The lowest BCUT2D eigenvalue weighted by molar-refractivity contribution is 0.132. The van der Waals surface area contributed by atoms with Crippen molar-refractivity contribution in [3.8, 4) is 11.5 Å². The summed E-state index contributed by atoms with van der Waals surface area (Å²) in [5.74, 6) is 1.08. The first-order chi connectivity index (χ1) is 12.7. The molecule has 1 atom stereocenters. The maximum absolute atomic E-state index is 9.55. The maximum Gasteiger partial charge on any atom is 0.124 e. The average molecular weight is 355 g/mol. The summed E-state index contributed by atoms with van der Waals surface area (Å²) in [4.78, 5) is 2.58. The summed E-state index contributed by atoms with van der Waals surface area (Å²) in [6.07, 6.45) is 5.95. The number of phenols is 1. The van der Waals surface area contributed by atoms with E-state index < -0.39 is 0 Å². The minimum absolute atomic E-state index is 0.00128. The van der Waals surface area contributed by atoms with Gasteiger partial charge < -0.3 is 14.9 Å². The number of hydrogen-bond acceptors (Lipinski definition) is 4. The van der Waals surface area contributed by atoms with Crippen molar-refractivity contribution in [3.05, 3.63) is 59.2 Å². The molecule has 3 rings (SSSR count). The molecule has 26 heavy (non-hydrogen) atoms. The maximum atomic E-state index is 9.55. The van der Waals surface area contributed by atoms with Crippen LogP contribution in [0.2, 0.25) is 0 Å². The number of ether oxygens (including phenoxy) is 1. The molecular weight excluding hydrogens is 326 g/mol. The Morgan fingerprint density at radius 1 is 1.08 bits per heavy atom. The Hall–Kier alpha value is -2.04. The van der Waals surface area contributed by atoms with Crippen molar-refractivity contribution in [3.63, 3.8) is 0 Å². The summed E-state index contributed by atoms with van der Waals surface area (Å²) in [6.45, 7) is 2.04. The molecule has 0 spiro atoms. The van der Waals surface area contributed by atoms with Crippen LogP contribution in [-0.2, 0) is 19.6 Å². The van der Waals surface area contributed by atoms with E-state index in [0.29, 0.717) is 11.8 Å². The van der Waals surface area contributed by atoms with Crippen molar-refractivity contribution in [2.45, 2.75) is 51.3 Å².